The highest BCUT2D eigenvalue weighted by Crippen LogP contribution is 2.38. The molecule has 1 atom stereocenters. The Morgan fingerprint density at radius 3 is 2.37 bits per heavy atom. The van der Waals surface area contributed by atoms with E-state index in [0.717, 1.165) is 37.8 Å². The number of nitrogens with zero attached hydrogens (tertiary/aromatic N) is 1. The third-order valence-corrected chi connectivity index (χ3v) is 8.45. The van der Waals surface area contributed by atoms with Crippen LogP contribution < -0.4 is 20.7 Å². The van der Waals surface area contributed by atoms with E-state index in [1.165, 1.54) is 30.0 Å². The summed E-state index contributed by atoms with van der Waals surface area (Å²) in [5.74, 6) is 0.581. The Hall–Kier alpha value is -4.25. The molecule has 0 aliphatic rings. The van der Waals surface area contributed by atoms with E-state index in [1.807, 2.05) is 84.9 Å². The van der Waals surface area contributed by atoms with Gasteiger partial charge in [0.15, 0.2) is 16.0 Å². The van der Waals surface area contributed by atoms with Gasteiger partial charge in [-0.3, -0.25) is 9.59 Å². The van der Waals surface area contributed by atoms with Gasteiger partial charge in [-0.05, 0) is 85.4 Å². The molecule has 41 heavy (non-hydrogen) atoms. The van der Waals surface area contributed by atoms with Crippen LogP contribution in [0.25, 0.3) is 10.2 Å². The van der Waals surface area contributed by atoms with Gasteiger partial charge in [-0.25, -0.2) is 4.98 Å². The number of ether oxygens (including phenoxy) is 1. The van der Waals surface area contributed by atoms with Crippen LogP contribution in [0.2, 0.25) is 0 Å². The molecule has 7 nitrogen and oxygen atoms in total. The van der Waals surface area contributed by atoms with Crippen molar-refractivity contribution in [1.82, 2.24) is 4.98 Å². The molecule has 10 heteroatoms. The van der Waals surface area contributed by atoms with E-state index in [2.05, 4.69) is 20.9 Å². The number of ketones is 1. The number of benzene rings is 4. The SMILES string of the molecule is COc1ccc2nc(NC(=O)C(Sc3cccc(NC(=S)Nc4ccc(C(C)=O)cc4)c3)c3ccccc3)sc2c1. The summed E-state index contributed by atoms with van der Waals surface area (Å²) >= 11 is 8.34. The van der Waals surface area contributed by atoms with Gasteiger partial charge in [0.25, 0.3) is 0 Å². The number of hydrogen-bond donors (Lipinski definition) is 3. The number of hydrogen-bond acceptors (Lipinski definition) is 7. The first kappa shape index (κ1) is 28.3. The number of carbonyl (C=O) groups is 2. The molecular weight excluding hydrogens is 573 g/mol. The van der Waals surface area contributed by atoms with E-state index in [0.29, 0.717) is 15.8 Å². The first-order chi connectivity index (χ1) is 19.9. The van der Waals surface area contributed by atoms with Crippen molar-refractivity contribution in [2.75, 3.05) is 23.1 Å². The predicted octanol–water partition coefficient (Wildman–Crippen LogP) is 7.79. The zero-order valence-corrected chi connectivity index (χ0v) is 24.7. The van der Waals surface area contributed by atoms with Crippen LogP contribution in [0.5, 0.6) is 5.75 Å². The molecule has 0 spiro atoms. The molecule has 4 aromatic carbocycles. The number of thioether (sulfide) groups is 1. The number of fused-ring (bicyclic) bond motifs is 1. The standard InChI is InChI=1S/C31H26N4O3S3/c1-19(36)20-11-13-22(14-12-20)32-30(39)33-23-9-6-10-25(17-23)40-28(21-7-4-3-5-8-21)29(37)35-31-34-26-16-15-24(38-2)18-27(26)41-31/h3-18,28H,1-2H3,(H2,32,33,39)(H,34,35,37). The van der Waals surface area contributed by atoms with Gasteiger partial charge in [0.05, 0.1) is 17.3 Å². The van der Waals surface area contributed by atoms with Crippen LogP contribution in [0.4, 0.5) is 16.5 Å². The molecule has 5 rings (SSSR count). The molecule has 3 N–H and O–H groups in total. The van der Waals surface area contributed by atoms with Gasteiger partial charge >= 0.3 is 0 Å². The molecule has 1 aromatic heterocycles. The molecule has 0 bridgehead atoms. The second kappa shape index (κ2) is 12.9. The second-order valence-electron chi connectivity index (χ2n) is 8.99. The number of rotatable bonds is 9. The summed E-state index contributed by atoms with van der Waals surface area (Å²) in [5.41, 5.74) is 3.86. The van der Waals surface area contributed by atoms with Crippen LogP contribution in [-0.2, 0) is 4.79 Å². The smallest absolute Gasteiger partial charge is 0.244 e. The van der Waals surface area contributed by atoms with Gasteiger partial charge in [-0.15, -0.1) is 11.8 Å². The van der Waals surface area contributed by atoms with Crippen LogP contribution in [0.3, 0.4) is 0 Å². The minimum Gasteiger partial charge on any atom is -0.497 e. The maximum Gasteiger partial charge on any atom is 0.244 e. The molecule has 1 heterocycles. The zero-order chi connectivity index (χ0) is 28.8. The Labute approximate surface area is 251 Å². The highest BCUT2D eigenvalue weighted by molar-refractivity contribution is 8.00. The number of amides is 1. The lowest BCUT2D eigenvalue weighted by atomic mass is 10.1. The quantitative estimate of drug-likeness (QED) is 0.0900. The number of Topliss-reactive ketones (excluding diaryl/α,β-unsaturated/α-hetero) is 1. The summed E-state index contributed by atoms with van der Waals surface area (Å²) in [6, 6.07) is 30.1. The van der Waals surface area contributed by atoms with Crippen molar-refractivity contribution >= 4 is 78.8 Å². The van der Waals surface area contributed by atoms with E-state index in [9.17, 15) is 9.59 Å². The van der Waals surface area contributed by atoms with Crippen LogP contribution in [-0.4, -0.2) is 28.9 Å². The fourth-order valence-electron chi connectivity index (χ4n) is 4.02. The largest absolute Gasteiger partial charge is 0.497 e. The van der Waals surface area contributed by atoms with Gasteiger partial charge in [-0.2, -0.15) is 0 Å². The van der Waals surface area contributed by atoms with E-state index >= 15 is 0 Å². The molecule has 5 aromatic rings. The van der Waals surface area contributed by atoms with Gasteiger partial charge in [-0.1, -0.05) is 47.7 Å². The number of thiazole rings is 1. The summed E-state index contributed by atoms with van der Waals surface area (Å²) in [4.78, 5) is 30.6. The minimum absolute atomic E-state index is 0.00907. The molecule has 0 aliphatic heterocycles. The summed E-state index contributed by atoms with van der Waals surface area (Å²) < 4.78 is 6.24. The number of methoxy groups -OCH3 is 1. The fraction of sp³-hybridized carbons (Fsp3) is 0.0968. The number of nitrogens with one attached hydrogen (secondary N) is 3. The van der Waals surface area contributed by atoms with Crippen LogP contribution in [0.15, 0.2) is 102 Å². The number of thiocarbonyl (C=S) groups is 1. The molecule has 0 aliphatic carbocycles. The first-order valence-corrected chi connectivity index (χ1v) is 14.7. The van der Waals surface area contributed by atoms with Gasteiger partial charge in [0.2, 0.25) is 5.91 Å². The van der Waals surface area contributed by atoms with Crippen molar-refractivity contribution in [1.29, 1.82) is 0 Å². The molecule has 0 radical (unpaired) electrons. The number of carbonyl (C=O) groups excluding carboxylic acids is 2. The lowest BCUT2D eigenvalue weighted by molar-refractivity contribution is -0.115. The number of anilines is 3. The van der Waals surface area contributed by atoms with Gasteiger partial charge in [0.1, 0.15) is 11.0 Å². The lowest BCUT2D eigenvalue weighted by Gasteiger charge is -2.17. The van der Waals surface area contributed by atoms with Crippen molar-refractivity contribution in [2.24, 2.45) is 0 Å². The Balaban J connectivity index is 1.30. The highest BCUT2D eigenvalue weighted by Gasteiger charge is 2.23. The third-order valence-electron chi connectivity index (χ3n) is 6.06. The fourth-order valence-corrected chi connectivity index (χ4v) is 6.24. The maximum atomic E-state index is 13.6. The molecule has 0 saturated carbocycles. The third kappa shape index (κ3) is 7.29. The Kier molecular flexibility index (Phi) is 8.93. The monoisotopic (exact) mass is 598 g/mol. The summed E-state index contributed by atoms with van der Waals surface area (Å²) in [6.45, 7) is 1.53. The number of aromatic nitrogens is 1. The van der Waals surface area contributed by atoms with E-state index in [4.69, 9.17) is 17.0 Å². The Bertz CT molecular complexity index is 1710. The van der Waals surface area contributed by atoms with E-state index in [1.54, 1.807) is 19.2 Å². The molecular formula is C31H26N4O3S3. The Morgan fingerprint density at radius 2 is 1.63 bits per heavy atom. The van der Waals surface area contributed by atoms with Gasteiger partial charge in [0, 0.05) is 21.8 Å². The summed E-state index contributed by atoms with van der Waals surface area (Å²) in [7, 11) is 1.62. The van der Waals surface area contributed by atoms with Gasteiger partial charge < -0.3 is 20.7 Å². The van der Waals surface area contributed by atoms with E-state index < -0.39 is 5.25 Å². The lowest BCUT2D eigenvalue weighted by Crippen LogP contribution is -2.19. The molecule has 1 amide bonds. The van der Waals surface area contributed by atoms with Crippen LogP contribution in [0.1, 0.15) is 28.1 Å². The molecule has 206 valence electrons. The highest BCUT2D eigenvalue weighted by atomic mass is 32.2. The minimum atomic E-state index is -0.516. The second-order valence-corrected chi connectivity index (χ2v) is 11.6. The average molecular weight is 599 g/mol. The maximum absolute atomic E-state index is 13.6. The molecule has 0 saturated heterocycles. The van der Waals surface area contributed by atoms with Crippen molar-refractivity contribution in [2.45, 2.75) is 17.1 Å². The predicted molar refractivity (Wildman–Crippen MR) is 173 cm³/mol. The summed E-state index contributed by atoms with van der Waals surface area (Å²) in [6.07, 6.45) is 0. The molecule has 0 fully saturated rings. The van der Waals surface area contributed by atoms with E-state index in [-0.39, 0.29) is 11.7 Å². The average Bonchev–Trinajstić information content (AvgIpc) is 3.38. The summed E-state index contributed by atoms with van der Waals surface area (Å²) in [5, 5.41) is 9.76. The first-order valence-electron chi connectivity index (χ1n) is 12.6. The Morgan fingerprint density at radius 1 is 0.878 bits per heavy atom. The zero-order valence-electron chi connectivity index (χ0n) is 22.2. The molecule has 1 unspecified atom stereocenters. The van der Waals surface area contributed by atoms with Crippen LogP contribution >= 0.6 is 35.3 Å². The van der Waals surface area contributed by atoms with Crippen molar-refractivity contribution in [3.8, 4) is 5.75 Å². The topological polar surface area (TPSA) is 92.3 Å². The normalized spacial score (nSPS) is 11.5. The van der Waals surface area contributed by atoms with Crippen molar-refractivity contribution in [3.63, 3.8) is 0 Å². The van der Waals surface area contributed by atoms with Crippen molar-refractivity contribution in [3.05, 3.63) is 108 Å². The van der Waals surface area contributed by atoms with Crippen LogP contribution in [0, 0.1) is 0 Å². The van der Waals surface area contributed by atoms with Crippen molar-refractivity contribution < 1.29 is 14.3 Å².